The van der Waals surface area contributed by atoms with Gasteiger partial charge in [-0.1, -0.05) is 0 Å². The highest BCUT2D eigenvalue weighted by Gasteiger charge is 2.22. The Kier molecular flexibility index (Phi) is 3.06. The summed E-state index contributed by atoms with van der Waals surface area (Å²) in [5, 5.41) is 0. The first-order valence-corrected chi connectivity index (χ1v) is 3.70. The number of hydrogen-bond donors (Lipinski definition) is 0. The fourth-order valence-electron chi connectivity index (χ4n) is 0.890. The fraction of sp³-hybridized carbons (Fsp3) is 0.111. The van der Waals surface area contributed by atoms with Crippen molar-refractivity contribution in [2.75, 3.05) is 0 Å². The maximum atomic E-state index is 12.8. The second kappa shape index (κ2) is 3.96. The summed E-state index contributed by atoms with van der Waals surface area (Å²) in [5.74, 6) is -3.95. The standard InChI is InChI=1S/C9H4F6/c10-5-3-7(11)6(8(12)4-5)1-2-9(13,14)15/h1-4H. The van der Waals surface area contributed by atoms with Gasteiger partial charge in [0.1, 0.15) is 17.5 Å². The monoisotopic (exact) mass is 226 g/mol. The summed E-state index contributed by atoms with van der Waals surface area (Å²) in [7, 11) is 0. The molecule has 6 heteroatoms. The Morgan fingerprint density at radius 3 is 1.80 bits per heavy atom. The molecule has 82 valence electrons. The molecule has 0 amide bonds. The predicted molar refractivity (Wildman–Crippen MR) is 41.4 cm³/mol. The smallest absolute Gasteiger partial charge is 0.207 e. The molecule has 0 atom stereocenters. The summed E-state index contributed by atoms with van der Waals surface area (Å²) in [4.78, 5) is 0. The molecule has 1 aromatic rings. The molecule has 0 radical (unpaired) electrons. The van der Waals surface area contributed by atoms with Gasteiger partial charge in [0.2, 0.25) is 0 Å². The minimum atomic E-state index is -4.67. The summed E-state index contributed by atoms with van der Waals surface area (Å²) in [6, 6.07) is 0.609. The van der Waals surface area contributed by atoms with Gasteiger partial charge in [0.25, 0.3) is 0 Å². The van der Waals surface area contributed by atoms with Crippen molar-refractivity contribution in [2.45, 2.75) is 6.18 Å². The first-order chi connectivity index (χ1) is 6.79. The van der Waals surface area contributed by atoms with Gasteiger partial charge in [-0.15, -0.1) is 0 Å². The van der Waals surface area contributed by atoms with E-state index in [2.05, 4.69) is 0 Å². The molecule has 0 aliphatic heterocycles. The van der Waals surface area contributed by atoms with Crippen LogP contribution in [0, 0.1) is 17.5 Å². The second-order valence-corrected chi connectivity index (χ2v) is 2.66. The molecule has 1 aromatic carbocycles. The van der Waals surface area contributed by atoms with Gasteiger partial charge in [-0.05, 0) is 6.08 Å². The molecule has 15 heavy (non-hydrogen) atoms. The average molecular weight is 226 g/mol. The number of benzene rings is 1. The van der Waals surface area contributed by atoms with Crippen molar-refractivity contribution in [1.29, 1.82) is 0 Å². The Morgan fingerprint density at radius 1 is 0.933 bits per heavy atom. The first kappa shape index (κ1) is 11.6. The van der Waals surface area contributed by atoms with Gasteiger partial charge < -0.3 is 0 Å². The highest BCUT2D eigenvalue weighted by molar-refractivity contribution is 5.51. The van der Waals surface area contributed by atoms with Crippen LogP contribution in [-0.2, 0) is 0 Å². The normalized spacial score (nSPS) is 12.4. The third-order valence-electron chi connectivity index (χ3n) is 1.48. The van der Waals surface area contributed by atoms with E-state index >= 15 is 0 Å². The Balaban J connectivity index is 3.11. The van der Waals surface area contributed by atoms with E-state index in [-0.39, 0.29) is 12.2 Å². The summed E-state index contributed by atoms with van der Waals surface area (Å²) in [6.07, 6.45) is -4.79. The Morgan fingerprint density at radius 2 is 1.40 bits per heavy atom. The highest BCUT2D eigenvalue weighted by atomic mass is 19.4. The van der Waals surface area contributed by atoms with Gasteiger partial charge in [0.05, 0.1) is 0 Å². The molecule has 0 nitrogen and oxygen atoms in total. The lowest BCUT2D eigenvalue weighted by molar-refractivity contribution is -0.0790. The molecule has 0 aliphatic carbocycles. The van der Waals surface area contributed by atoms with E-state index in [1.54, 1.807) is 0 Å². The van der Waals surface area contributed by atoms with Crippen molar-refractivity contribution in [3.05, 3.63) is 41.2 Å². The molecular formula is C9H4F6. The van der Waals surface area contributed by atoms with Crippen molar-refractivity contribution in [2.24, 2.45) is 0 Å². The van der Waals surface area contributed by atoms with E-state index in [0.717, 1.165) is 0 Å². The molecule has 0 saturated carbocycles. The Hall–Kier alpha value is -1.46. The van der Waals surface area contributed by atoms with Gasteiger partial charge in [-0.2, -0.15) is 13.2 Å². The molecule has 0 aromatic heterocycles. The molecule has 0 saturated heterocycles. The van der Waals surface area contributed by atoms with Crippen LogP contribution in [0.2, 0.25) is 0 Å². The number of rotatable bonds is 1. The average Bonchev–Trinajstić information content (AvgIpc) is 1.99. The zero-order chi connectivity index (χ0) is 11.6. The molecule has 0 unspecified atom stereocenters. The van der Waals surface area contributed by atoms with Crippen LogP contribution in [0.25, 0.3) is 6.08 Å². The van der Waals surface area contributed by atoms with E-state index in [9.17, 15) is 26.3 Å². The fourth-order valence-corrected chi connectivity index (χ4v) is 0.890. The minimum Gasteiger partial charge on any atom is -0.207 e. The number of halogens is 6. The van der Waals surface area contributed by atoms with Crippen LogP contribution in [0.5, 0.6) is 0 Å². The van der Waals surface area contributed by atoms with E-state index in [4.69, 9.17) is 0 Å². The van der Waals surface area contributed by atoms with Crippen molar-refractivity contribution in [1.82, 2.24) is 0 Å². The maximum Gasteiger partial charge on any atom is 0.409 e. The van der Waals surface area contributed by atoms with Crippen molar-refractivity contribution < 1.29 is 26.3 Å². The summed E-state index contributed by atoms with van der Waals surface area (Å²) in [5.41, 5.74) is -0.922. The largest absolute Gasteiger partial charge is 0.409 e. The molecule has 0 aliphatic rings. The molecule has 0 N–H and O–H groups in total. The Labute approximate surface area is 80.8 Å². The molecule has 1 rings (SSSR count). The lowest BCUT2D eigenvalue weighted by atomic mass is 10.2. The van der Waals surface area contributed by atoms with Crippen LogP contribution < -0.4 is 0 Å². The van der Waals surface area contributed by atoms with Crippen LogP contribution in [0.15, 0.2) is 18.2 Å². The van der Waals surface area contributed by atoms with Crippen molar-refractivity contribution >= 4 is 6.08 Å². The SMILES string of the molecule is Fc1cc(F)c(C=CC(F)(F)F)c(F)c1. The van der Waals surface area contributed by atoms with Gasteiger partial charge in [-0.25, -0.2) is 13.2 Å². The minimum absolute atomic E-state index is 0.212. The maximum absolute atomic E-state index is 12.8. The number of alkyl halides is 3. The molecular weight excluding hydrogens is 222 g/mol. The summed E-state index contributed by atoms with van der Waals surface area (Å²) in [6.45, 7) is 0. The number of allylic oxidation sites excluding steroid dienone is 1. The highest BCUT2D eigenvalue weighted by Crippen LogP contribution is 2.21. The van der Waals surface area contributed by atoms with Crippen LogP contribution in [-0.4, -0.2) is 6.18 Å². The van der Waals surface area contributed by atoms with Crippen molar-refractivity contribution in [3.63, 3.8) is 0 Å². The van der Waals surface area contributed by atoms with Crippen LogP contribution in [0.3, 0.4) is 0 Å². The lowest BCUT2D eigenvalue weighted by Crippen LogP contribution is -2.01. The van der Waals surface area contributed by atoms with Gasteiger partial charge in [0.15, 0.2) is 0 Å². The van der Waals surface area contributed by atoms with E-state index < -0.39 is 29.2 Å². The zero-order valence-electron chi connectivity index (χ0n) is 7.08. The first-order valence-electron chi connectivity index (χ1n) is 3.70. The third-order valence-corrected chi connectivity index (χ3v) is 1.48. The topological polar surface area (TPSA) is 0 Å². The molecule has 0 fully saturated rings. The van der Waals surface area contributed by atoms with Crippen LogP contribution in [0.4, 0.5) is 26.3 Å². The lowest BCUT2D eigenvalue weighted by Gasteiger charge is -2.01. The van der Waals surface area contributed by atoms with Crippen molar-refractivity contribution in [3.8, 4) is 0 Å². The molecule has 0 spiro atoms. The third kappa shape index (κ3) is 3.30. The van der Waals surface area contributed by atoms with Gasteiger partial charge in [-0.3, -0.25) is 0 Å². The summed E-state index contributed by atoms with van der Waals surface area (Å²) < 4.78 is 73.0. The molecule has 0 heterocycles. The van der Waals surface area contributed by atoms with Gasteiger partial charge in [0, 0.05) is 23.8 Å². The van der Waals surface area contributed by atoms with Crippen LogP contribution >= 0.6 is 0 Å². The summed E-state index contributed by atoms with van der Waals surface area (Å²) >= 11 is 0. The van der Waals surface area contributed by atoms with E-state index in [1.165, 1.54) is 0 Å². The predicted octanol–water partition coefficient (Wildman–Crippen LogP) is 3.68. The molecule has 0 bridgehead atoms. The number of hydrogen-bond acceptors (Lipinski definition) is 0. The van der Waals surface area contributed by atoms with E-state index in [1.807, 2.05) is 0 Å². The second-order valence-electron chi connectivity index (χ2n) is 2.66. The van der Waals surface area contributed by atoms with E-state index in [0.29, 0.717) is 12.1 Å². The van der Waals surface area contributed by atoms with Gasteiger partial charge >= 0.3 is 6.18 Å². The quantitative estimate of drug-likeness (QED) is 0.641. The zero-order valence-corrected chi connectivity index (χ0v) is 7.08. The van der Waals surface area contributed by atoms with Crippen LogP contribution in [0.1, 0.15) is 5.56 Å². The Bertz CT molecular complexity index is 367.